The fourth-order valence-corrected chi connectivity index (χ4v) is 1.85. The Hall–Kier alpha value is -1.58. The summed E-state index contributed by atoms with van der Waals surface area (Å²) in [5.74, 6) is 0.909. The maximum atomic E-state index is 8.89. The summed E-state index contributed by atoms with van der Waals surface area (Å²) in [7, 11) is 0. The van der Waals surface area contributed by atoms with Crippen molar-refractivity contribution in [3.8, 4) is 5.75 Å². The first-order chi connectivity index (χ1) is 8.81. The van der Waals surface area contributed by atoms with E-state index >= 15 is 0 Å². The lowest BCUT2D eigenvalue weighted by molar-refractivity contribution is 0.239. The number of rotatable bonds is 6. The van der Waals surface area contributed by atoms with Gasteiger partial charge in [-0.05, 0) is 18.4 Å². The summed E-state index contributed by atoms with van der Waals surface area (Å²) in [5.41, 5.74) is 0. The quantitative estimate of drug-likeness (QED) is 0.767. The molecule has 0 aliphatic heterocycles. The van der Waals surface area contributed by atoms with Gasteiger partial charge in [0.1, 0.15) is 12.4 Å². The van der Waals surface area contributed by atoms with Gasteiger partial charge in [0.25, 0.3) is 0 Å². The Balaban J connectivity index is 1.95. The van der Waals surface area contributed by atoms with Crippen molar-refractivity contribution in [2.45, 2.75) is 13.0 Å². The fourth-order valence-electron chi connectivity index (χ4n) is 1.85. The summed E-state index contributed by atoms with van der Waals surface area (Å²) in [6, 6.07) is 14.4. The minimum atomic E-state index is 0.112. The zero-order valence-corrected chi connectivity index (χ0v) is 10.6. The highest BCUT2D eigenvalue weighted by Crippen LogP contribution is 2.24. The van der Waals surface area contributed by atoms with Gasteiger partial charge in [-0.25, -0.2) is 0 Å². The number of hydrogen-bond acceptors (Lipinski definition) is 3. The second-order valence-corrected chi connectivity index (χ2v) is 4.36. The molecule has 3 heteroatoms. The van der Waals surface area contributed by atoms with Crippen LogP contribution in [0.2, 0.25) is 0 Å². The second kappa shape index (κ2) is 6.38. The van der Waals surface area contributed by atoms with Crippen molar-refractivity contribution in [1.29, 1.82) is 0 Å². The minimum Gasteiger partial charge on any atom is -0.492 e. The maximum absolute atomic E-state index is 8.89. The molecular weight excluding hydrogens is 226 g/mol. The van der Waals surface area contributed by atoms with Crippen LogP contribution in [0.25, 0.3) is 10.8 Å². The first-order valence-corrected chi connectivity index (χ1v) is 6.26. The summed E-state index contributed by atoms with van der Waals surface area (Å²) >= 11 is 0. The summed E-state index contributed by atoms with van der Waals surface area (Å²) in [4.78, 5) is 0. The molecular formula is C15H19NO2. The van der Waals surface area contributed by atoms with Gasteiger partial charge in [-0.15, -0.1) is 0 Å². The van der Waals surface area contributed by atoms with Crippen LogP contribution in [-0.4, -0.2) is 30.9 Å². The van der Waals surface area contributed by atoms with Crippen molar-refractivity contribution in [2.75, 3.05) is 19.8 Å². The fraction of sp³-hybridized carbons (Fsp3) is 0.333. The van der Waals surface area contributed by atoms with Crippen molar-refractivity contribution in [3.05, 3.63) is 42.5 Å². The first kappa shape index (κ1) is 12.9. The van der Waals surface area contributed by atoms with E-state index in [1.165, 1.54) is 5.39 Å². The molecule has 0 amide bonds. The average molecular weight is 245 g/mol. The third kappa shape index (κ3) is 3.22. The Morgan fingerprint density at radius 3 is 2.78 bits per heavy atom. The van der Waals surface area contributed by atoms with Crippen LogP contribution in [0.3, 0.4) is 0 Å². The molecule has 0 spiro atoms. The molecule has 0 radical (unpaired) electrons. The first-order valence-electron chi connectivity index (χ1n) is 6.26. The predicted molar refractivity (Wildman–Crippen MR) is 74.0 cm³/mol. The minimum absolute atomic E-state index is 0.112. The van der Waals surface area contributed by atoms with Crippen LogP contribution in [-0.2, 0) is 0 Å². The summed E-state index contributed by atoms with van der Waals surface area (Å²) < 4.78 is 5.77. The summed E-state index contributed by atoms with van der Waals surface area (Å²) in [5, 5.41) is 14.4. The number of aliphatic hydroxyl groups excluding tert-OH is 1. The lowest BCUT2D eigenvalue weighted by Crippen LogP contribution is -2.32. The van der Waals surface area contributed by atoms with Crippen molar-refractivity contribution < 1.29 is 9.84 Å². The van der Waals surface area contributed by atoms with E-state index in [0.717, 1.165) is 17.7 Å². The molecule has 1 unspecified atom stereocenters. The molecule has 0 saturated heterocycles. The molecule has 0 aromatic heterocycles. The molecule has 0 bridgehead atoms. The molecule has 0 fully saturated rings. The number of nitrogens with one attached hydrogen (secondary N) is 1. The van der Waals surface area contributed by atoms with Crippen LogP contribution in [0.15, 0.2) is 42.5 Å². The monoisotopic (exact) mass is 245 g/mol. The Morgan fingerprint density at radius 1 is 1.17 bits per heavy atom. The standard InChI is InChI=1S/C15H19NO2/c1-12(11-17)16-9-10-18-15-8-4-6-13-5-2-3-7-14(13)15/h2-8,12,16-17H,9-11H2,1H3. The van der Waals surface area contributed by atoms with Crippen LogP contribution in [0.1, 0.15) is 6.92 Å². The van der Waals surface area contributed by atoms with Crippen molar-refractivity contribution >= 4 is 10.8 Å². The molecule has 0 saturated carbocycles. The molecule has 2 aromatic rings. The van der Waals surface area contributed by atoms with E-state index < -0.39 is 0 Å². The van der Waals surface area contributed by atoms with E-state index in [0.29, 0.717) is 6.61 Å². The number of hydrogen-bond donors (Lipinski definition) is 2. The zero-order chi connectivity index (χ0) is 12.8. The lowest BCUT2D eigenvalue weighted by Gasteiger charge is -2.12. The van der Waals surface area contributed by atoms with E-state index in [9.17, 15) is 0 Å². The third-order valence-electron chi connectivity index (χ3n) is 2.88. The predicted octanol–water partition coefficient (Wildman–Crippen LogP) is 2.19. The zero-order valence-electron chi connectivity index (χ0n) is 10.6. The second-order valence-electron chi connectivity index (χ2n) is 4.36. The molecule has 18 heavy (non-hydrogen) atoms. The van der Waals surface area contributed by atoms with Crippen molar-refractivity contribution in [1.82, 2.24) is 5.32 Å². The van der Waals surface area contributed by atoms with Gasteiger partial charge in [0.15, 0.2) is 0 Å². The topological polar surface area (TPSA) is 41.5 Å². The summed E-state index contributed by atoms with van der Waals surface area (Å²) in [6.07, 6.45) is 0. The van der Waals surface area contributed by atoms with Crippen LogP contribution < -0.4 is 10.1 Å². The molecule has 1 atom stereocenters. The van der Waals surface area contributed by atoms with Gasteiger partial charge in [0.05, 0.1) is 6.61 Å². The molecule has 3 nitrogen and oxygen atoms in total. The Morgan fingerprint density at radius 2 is 1.94 bits per heavy atom. The molecule has 96 valence electrons. The number of fused-ring (bicyclic) bond motifs is 1. The van der Waals surface area contributed by atoms with Crippen molar-refractivity contribution in [3.63, 3.8) is 0 Å². The highest BCUT2D eigenvalue weighted by molar-refractivity contribution is 5.88. The van der Waals surface area contributed by atoms with Gasteiger partial charge in [0, 0.05) is 18.0 Å². The van der Waals surface area contributed by atoms with E-state index in [1.807, 2.05) is 31.2 Å². The van der Waals surface area contributed by atoms with Crippen LogP contribution >= 0.6 is 0 Å². The largest absolute Gasteiger partial charge is 0.492 e. The molecule has 0 aliphatic carbocycles. The van der Waals surface area contributed by atoms with E-state index in [4.69, 9.17) is 9.84 Å². The Bertz CT molecular complexity index is 493. The van der Waals surface area contributed by atoms with Gasteiger partial charge >= 0.3 is 0 Å². The third-order valence-corrected chi connectivity index (χ3v) is 2.88. The SMILES string of the molecule is CC(CO)NCCOc1cccc2ccccc12. The van der Waals surface area contributed by atoms with Gasteiger partial charge < -0.3 is 15.2 Å². The highest BCUT2D eigenvalue weighted by atomic mass is 16.5. The van der Waals surface area contributed by atoms with Crippen LogP contribution in [0.4, 0.5) is 0 Å². The number of ether oxygens (including phenoxy) is 1. The van der Waals surface area contributed by atoms with Crippen LogP contribution in [0.5, 0.6) is 5.75 Å². The van der Waals surface area contributed by atoms with E-state index in [2.05, 4.69) is 23.5 Å². The Labute approximate surface area is 107 Å². The molecule has 2 rings (SSSR count). The highest BCUT2D eigenvalue weighted by Gasteiger charge is 2.01. The normalized spacial score (nSPS) is 12.6. The number of aliphatic hydroxyl groups is 1. The van der Waals surface area contributed by atoms with Crippen LogP contribution in [0, 0.1) is 0 Å². The number of benzene rings is 2. The molecule has 2 aromatic carbocycles. The van der Waals surface area contributed by atoms with E-state index in [1.54, 1.807) is 0 Å². The van der Waals surface area contributed by atoms with Gasteiger partial charge in [-0.3, -0.25) is 0 Å². The maximum Gasteiger partial charge on any atom is 0.127 e. The van der Waals surface area contributed by atoms with Gasteiger partial charge in [-0.1, -0.05) is 36.4 Å². The molecule has 0 heterocycles. The van der Waals surface area contributed by atoms with Crippen molar-refractivity contribution in [2.24, 2.45) is 0 Å². The smallest absolute Gasteiger partial charge is 0.127 e. The molecule has 2 N–H and O–H groups in total. The van der Waals surface area contributed by atoms with E-state index in [-0.39, 0.29) is 12.6 Å². The van der Waals surface area contributed by atoms with Gasteiger partial charge in [-0.2, -0.15) is 0 Å². The van der Waals surface area contributed by atoms with Gasteiger partial charge in [0.2, 0.25) is 0 Å². The Kier molecular flexibility index (Phi) is 4.56. The molecule has 0 aliphatic rings. The summed E-state index contributed by atoms with van der Waals surface area (Å²) in [6.45, 7) is 3.41. The lowest BCUT2D eigenvalue weighted by atomic mass is 10.1. The average Bonchev–Trinajstić information content (AvgIpc) is 2.43.